The van der Waals surface area contributed by atoms with Gasteiger partial charge >= 0.3 is 0 Å². The van der Waals surface area contributed by atoms with E-state index in [-0.39, 0.29) is 0 Å². The smallest absolute Gasteiger partial charge is 0.161 e. The van der Waals surface area contributed by atoms with Crippen LogP contribution in [0.1, 0.15) is 38.4 Å². The topological polar surface area (TPSA) is 38.7 Å². The summed E-state index contributed by atoms with van der Waals surface area (Å²) >= 11 is 0. The van der Waals surface area contributed by atoms with Gasteiger partial charge in [-0.05, 0) is 38.0 Å². The summed E-state index contributed by atoms with van der Waals surface area (Å²) in [4.78, 5) is 0. The van der Waals surface area contributed by atoms with Crippen molar-refractivity contribution in [1.82, 2.24) is 0 Å². The highest BCUT2D eigenvalue weighted by atomic mass is 16.5. The Morgan fingerprint density at radius 1 is 1.22 bits per heavy atom. The molecule has 18 heavy (non-hydrogen) atoms. The summed E-state index contributed by atoms with van der Waals surface area (Å²) in [5.74, 6) is 3.89. The third-order valence-electron chi connectivity index (χ3n) is 2.51. The highest BCUT2D eigenvalue weighted by molar-refractivity contribution is 5.43. The van der Waals surface area contributed by atoms with Gasteiger partial charge in [-0.15, -0.1) is 12.3 Å². The van der Waals surface area contributed by atoms with Gasteiger partial charge in [0.15, 0.2) is 11.5 Å². The van der Waals surface area contributed by atoms with Crippen molar-refractivity contribution in [2.45, 2.75) is 32.8 Å². The average Bonchev–Trinajstić information content (AvgIpc) is 2.38. The molecule has 0 aliphatic rings. The Hall–Kier alpha value is -1.66. The highest BCUT2D eigenvalue weighted by Crippen LogP contribution is 2.31. The summed E-state index contributed by atoms with van der Waals surface area (Å²) < 4.78 is 11.0. The molecule has 3 nitrogen and oxygen atoms in total. The third kappa shape index (κ3) is 3.97. The molecule has 0 saturated heterocycles. The second kappa shape index (κ2) is 7.62. The van der Waals surface area contributed by atoms with Gasteiger partial charge in [-0.3, -0.25) is 0 Å². The molecule has 1 aromatic carbocycles. The minimum Gasteiger partial charge on any atom is -0.490 e. The van der Waals surface area contributed by atoms with E-state index >= 15 is 0 Å². The van der Waals surface area contributed by atoms with Gasteiger partial charge in [-0.2, -0.15) is 0 Å². The monoisotopic (exact) mass is 248 g/mol. The summed E-state index contributed by atoms with van der Waals surface area (Å²) in [6, 6.07) is 5.48. The maximum Gasteiger partial charge on any atom is 0.161 e. The minimum atomic E-state index is -0.559. The number of aliphatic hydroxyl groups is 1. The molecule has 0 saturated carbocycles. The number of hydrogen-bond donors (Lipinski definition) is 1. The zero-order valence-electron chi connectivity index (χ0n) is 11.0. The fraction of sp³-hybridized carbons (Fsp3) is 0.467. The largest absolute Gasteiger partial charge is 0.490 e. The van der Waals surface area contributed by atoms with Gasteiger partial charge in [-0.25, -0.2) is 0 Å². The molecule has 0 radical (unpaired) electrons. The predicted molar refractivity (Wildman–Crippen MR) is 71.8 cm³/mol. The van der Waals surface area contributed by atoms with Crippen LogP contribution in [0.3, 0.4) is 0 Å². The Kier molecular flexibility index (Phi) is 6.10. The van der Waals surface area contributed by atoms with Crippen molar-refractivity contribution >= 4 is 0 Å². The fourth-order valence-electron chi connectivity index (χ4n) is 1.66. The third-order valence-corrected chi connectivity index (χ3v) is 2.51. The van der Waals surface area contributed by atoms with E-state index in [1.54, 1.807) is 0 Å². The lowest BCUT2D eigenvalue weighted by molar-refractivity contribution is 0.168. The van der Waals surface area contributed by atoms with E-state index in [0.29, 0.717) is 37.6 Å². The Morgan fingerprint density at radius 3 is 2.50 bits per heavy atom. The number of ether oxygens (including phenoxy) is 2. The first-order valence-electron chi connectivity index (χ1n) is 6.24. The van der Waals surface area contributed by atoms with Crippen molar-refractivity contribution < 1.29 is 14.6 Å². The molecule has 1 N–H and O–H groups in total. The molecule has 0 aliphatic carbocycles. The molecule has 0 aromatic heterocycles. The fourth-order valence-corrected chi connectivity index (χ4v) is 1.66. The van der Waals surface area contributed by atoms with Crippen molar-refractivity contribution in [3.05, 3.63) is 23.8 Å². The van der Waals surface area contributed by atoms with Gasteiger partial charge in [0, 0.05) is 6.42 Å². The van der Waals surface area contributed by atoms with E-state index in [4.69, 9.17) is 15.9 Å². The molecule has 1 unspecified atom stereocenters. The zero-order chi connectivity index (χ0) is 13.4. The molecule has 0 amide bonds. The molecule has 1 atom stereocenters. The van der Waals surface area contributed by atoms with Crippen LogP contribution in [0.5, 0.6) is 11.5 Å². The summed E-state index contributed by atoms with van der Waals surface area (Å²) in [5, 5.41) is 9.97. The maximum absolute atomic E-state index is 9.97. The van der Waals surface area contributed by atoms with Gasteiger partial charge in [0.1, 0.15) is 0 Å². The number of aliphatic hydroxyl groups excluding tert-OH is 1. The first-order chi connectivity index (χ1) is 8.72. The van der Waals surface area contributed by atoms with E-state index < -0.39 is 6.10 Å². The van der Waals surface area contributed by atoms with Gasteiger partial charge in [-0.1, -0.05) is 6.07 Å². The Bertz CT molecular complexity index is 407. The Labute approximate surface area is 109 Å². The summed E-state index contributed by atoms with van der Waals surface area (Å²) in [6.45, 7) is 4.98. The van der Waals surface area contributed by atoms with Crippen molar-refractivity contribution in [3.63, 3.8) is 0 Å². The number of terminal acetylenes is 1. The van der Waals surface area contributed by atoms with Gasteiger partial charge < -0.3 is 14.6 Å². The first kappa shape index (κ1) is 14.4. The van der Waals surface area contributed by atoms with Gasteiger partial charge in [0.25, 0.3) is 0 Å². The molecular weight excluding hydrogens is 228 g/mol. The number of rotatable bonds is 7. The molecular formula is C15H20O3. The Morgan fingerprint density at radius 2 is 1.89 bits per heavy atom. The van der Waals surface area contributed by atoms with Crippen LogP contribution in [-0.4, -0.2) is 18.3 Å². The van der Waals surface area contributed by atoms with Crippen LogP contribution >= 0.6 is 0 Å². The number of hydrogen-bond acceptors (Lipinski definition) is 3. The second-order valence-corrected chi connectivity index (χ2v) is 3.83. The molecule has 0 bridgehead atoms. The summed E-state index contributed by atoms with van der Waals surface area (Å²) in [5.41, 5.74) is 0.803. The van der Waals surface area contributed by atoms with Gasteiger partial charge in [0.2, 0.25) is 0 Å². The lowest BCUT2D eigenvalue weighted by Crippen LogP contribution is -2.02. The zero-order valence-corrected chi connectivity index (χ0v) is 11.0. The minimum absolute atomic E-state index is 0.552. The van der Waals surface area contributed by atoms with E-state index in [1.165, 1.54) is 0 Å². The van der Waals surface area contributed by atoms with Crippen molar-refractivity contribution in [2.24, 2.45) is 0 Å². The van der Waals surface area contributed by atoms with E-state index in [0.717, 1.165) is 5.56 Å². The van der Waals surface area contributed by atoms with Crippen LogP contribution in [-0.2, 0) is 0 Å². The van der Waals surface area contributed by atoms with Gasteiger partial charge in [0.05, 0.1) is 19.3 Å². The normalized spacial score (nSPS) is 11.7. The standard InChI is InChI=1S/C15H20O3/c1-4-7-8-13(16)12-9-10-14(17-5-2)15(11-12)18-6-3/h1,9-11,13,16H,5-8H2,2-3H3. The van der Waals surface area contributed by atoms with E-state index in [2.05, 4.69) is 5.92 Å². The molecule has 0 heterocycles. The van der Waals surface area contributed by atoms with Crippen LogP contribution < -0.4 is 9.47 Å². The number of benzene rings is 1. The van der Waals surface area contributed by atoms with Crippen LogP contribution in [0.25, 0.3) is 0 Å². The van der Waals surface area contributed by atoms with Crippen LogP contribution in [0.15, 0.2) is 18.2 Å². The van der Waals surface area contributed by atoms with E-state index in [9.17, 15) is 5.11 Å². The quantitative estimate of drug-likeness (QED) is 0.754. The maximum atomic E-state index is 9.97. The lowest BCUT2D eigenvalue weighted by atomic mass is 10.0. The Balaban J connectivity index is 2.88. The summed E-state index contributed by atoms with van der Waals surface area (Å²) in [7, 11) is 0. The van der Waals surface area contributed by atoms with Crippen molar-refractivity contribution in [2.75, 3.05) is 13.2 Å². The first-order valence-corrected chi connectivity index (χ1v) is 6.24. The molecule has 1 rings (SSSR count). The molecule has 3 heteroatoms. The van der Waals surface area contributed by atoms with Crippen LogP contribution in [0, 0.1) is 12.3 Å². The SMILES string of the molecule is C#CCCC(O)c1ccc(OCC)c(OCC)c1. The molecule has 0 fully saturated rings. The average molecular weight is 248 g/mol. The molecule has 1 aromatic rings. The van der Waals surface area contributed by atoms with Crippen LogP contribution in [0.2, 0.25) is 0 Å². The lowest BCUT2D eigenvalue weighted by Gasteiger charge is -2.15. The van der Waals surface area contributed by atoms with Crippen molar-refractivity contribution in [3.8, 4) is 23.8 Å². The second-order valence-electron chi connectivity index (χ2n) is 3.83. The van der Waals surface area contributed by atoms with Crippen LogP contribution in [0.4, 0.5) is 0 Å². The molecule has 0 spiro atoms. The highest BCUT2D eigenvalue weighted by Gasteiger charge is 2.11. The predicted octanol–water partition coefficient (Wildman–Crippen LogP) is 2.93. The summed E-state index contributed by atoms with van der Waals surface area (Å²) in [6.07, 6.45) is 5.74. The van der Waals surface area contributed by atoms with Crippen molar-refractivity contribution in [1.29, 1.82) is 0 Å². The van der Waals surface area contributed by atoms with E-state index in [1.807, 2.05) is 32.0 Å². The molecule has 98 valence electrons. The molecule has 0 aliphatic heterocycles.